The number of carbonyl (C=O) groups is 1. The number of hydrogen-bond donors (Lipinski definition) is 0. The molecule has 3 heteroatoms. The van der Waals surface area contributed by atoms with Gasteiger partial charge in [0.15, 0.2) is 5.60 Å². The van der Waals surface area contributed by atoms with Gasteiger partial charge in [0.05, 0.1) is 5.60 Å². The van der Waals surface area contributed by atoms with E-state index in [4.69, 9.17) is 15.9 Å². The van der Waals surface area contributed by atoms with Gasteiger partial charge in [-0.2, -0.15) is 0 Å². The van der Waals surface area contributed by atoms with Crippen molar-refractivity contribution in [3.63, 3.8) is 0 Å². The lowest BCUT2D eigenvalue weighted by Gasteiger charge is -2.27. The van der Waals surface area contributed by atoms with Gasteiger partial charge in [-0.15, -0.1) is 6.42 Å². The molecule has 0 saturated heterocycles. The smallest absolute Gasteiger partial charge is 0.304 e. The minimum Gasteiger partial charge on any atom is -0.446 e. The third kappa shape index (κ3) is 5.77. The Morgan fingerprint density at radius 2 is 1.88 bits per heavy atom. The van der Waals surface area contributed by atoms with E-state index in [1.54, 1.807) is 14.0 Å². The molecule has 0 unspecified atom stereocenters. The van der Waals surface area contributed by atoms with Crippen molar-refractivity contribution in [1.29, 1.82) is 0 Å². The zero-order valence-corrected chi connectivity index (χ0v) is 10.9. The zero-order valence-electron chi connectivity index (χ0n) is 10.9. The lowest BCUT2D eigenvalue weighted by Crippen LogP contribution is -2.30. The molecule has 0 aliphatic carbocycles. The minimum atomic E-state index is -0.796. The molecule has 0 aliphatic rings. The molecule has 0 fully saturated rings. The van der Waals surface area contributed by atoms with E-state index < -0.39 is 5.60 Å². The Morgan fingerprint density at radius 1 is 1.31 bits per heavy atom. The molecule has 0 aliphatic heterocycles. The third-order valence-corrected chi connectivity index (χ3v) is 2.66. The molecule has 0 spiro atoms. The number of rotatable bonds is 6. The molecule has 0 aromatic heterocycles. The van der Waals surface area contributed by atoms with Crippen LogP contribution in [-0.2, 0) is 14.3 Å². The van der Waals surface area contributed by atoms with Crippen LogP contribution in [0.15, 0.2) is 0 Å². The summed E-state index contributed by atoms with van der Waals surface area (Å²) >= 11 is 0. The Hall–Kier alpha value is -1.01. The predicted molar refractivity (Wildman–Crippen MR) is 63.9 cm³/mol. The number of esters is 1. The van der Waals surface area contributed by atoms with Gasteiger partial charge in [-0.25, -0.2) is 0 Å². The summed E-state index contributed by atoms with van der Waals surface area (Å²) in [5.74, 6) is 2.19. The van der Waals surface area contributed by atoms with Crippen LogP contribution in [0.3, 0.4) is 0 Å². The van der Waals surface area contributed by atoms with Crippen molar-refractivity contribution in [2.24, 2.45) is 0 Å². The van der Waals surface area contributed by atoms with Crippen molar-refractivity contribution >= 4 is 5.97 Å². The fraction of sp³-hybridized carbons (Fsp3) is 0.769. The topological polar surface area (TPSA) is 35.5 Å². The molecule has 16 heavy (non-hydrogen) atoms. The molecule has 0 radical (unpaired) electrons. The monoisotopic (exact) mass is 226 g/mol. The van der Waals surface area contributed by atoms with Crippen LogP contribution in [0.2, 0.25) is 0 Å². The van der Waals surface area contributed by atoms with Crippen molar-refractivity contribution < 1.29 is 14.3 Å². The molecular weight excluding hydrogens is 204 g/mol. The molecule has 92 valence electrons. The van der Waals surface area contributed by atoms with Gasteiger partial charge in [0.1, 0.15) is 0 Å². The summed E-state index contributed by atoms with van der Waals surface area (Å²) in [4.78, 5) is 10.9. The fourth-order valence-corrected chi connectivity index (χ4v) is 1.42. The molecule has 1 atom stereocenters. The number of carbonyl (C=O) groups excluding carboxylic acids is 1. The van der Waals surface area contributed by atoms with Crippen LogP contribution < -0.4 is 0 Å². The van der Waals surface area contributed by atoms with Gasteiger partial charge >= 0.3 is 5.97 Å². The van der Waals surface area contributed by atoms with Crippen molar-refractivity contribution in [2.45, 2.75) is 58.2 Å². The molecule has 0 aromatic carbocycles. The predicted octanol–water partition coefficient (Wildman–Crippen LogP) is 2.54. The Morgan fingerprint density at radius 3 is 2.25 bits per heavy atom. The summed E-state index contributed by atoms with van der Waals surface area (Å²) in [7, 11) is 1.69. The second kappa shape index (κ2) is 5.91. The SMILES string of the molecule is C#C[C@@](C)(CCCC(C)(C)OC)OC(C)=O. The quantitative estimate of drug-likeness (QED) is 0.515. The number of terminal acetylenes is 1. The third-order valence-electron chi connectivity index (χ3n) is 2.66. The standard InChI is InChI=1S/C13H22O3/c1-7-13(5,16-11(2)14)10-8-9-12(3,4)15-6/h1H,8-10H2,2-6H3/t13-/m0/s1. The van der Waals surface area contributed by atoms with Crippen LogP contribution in [0.1, 0.15) is 47.0 Å². The Bertz CT molecular complexity index is 275. The molecule has 0 N–H and O–H groups in total. The van der Waals surface area contributed by atoms with Gasteiger partial charge in [-0.05, 0) is 40.0 Å². The fourth-order valence-electron chi connectivity index (χ4n) is 1.42. The second-order valence-corrected chi connectivity index (χ2v) is 4.79. The summed E-state index contributed by atoms with van der Waals surface area (Å²) in [5, 5.41) is 0. The van der Waals surface area contributed by atoms with Gasteiger partial charge in [-0.3, -0.25) is 4.79 Å². The maximum atomic E-state index is 10.9. The lowest BCUT2D eigenvalue weighted by atomic mass is 9.94. The van der Waals surface area contributed by atoms with E-state index in [1.807, 2.05) is 13.8 Å². The van der Waals surface area contributed by atoms with Crippen LogP contribution >= 0.6 is 0 Å². The van der Waals surface area contributed by atoms with Crippen molar-refractivity contribution in [3.05, 3.63) is 0 Å². The molecule has 0 heterocycles. The minimum absolute atomic E-state index is 0.161. The first-order valence-corrected chi connectivity index (χ1v) is 5.47. The van der Waals surface area contributed by atoms with E-state index in [2.05, 4.69) is 5.92 Å². The second-order valence-electron chi connectivity index (χ2n) is 4.79. The number of ether oxygens (including phenoxy) is 2. The lowest BCUT2D eigenvalue weighted by molar-refractivity contribution is -0.150. The van der Waals surface area contributed by atoms with E-state index >= 15 is 0 Å². The highest BCUT2D eigenvalue weighted by molar-refractivity contribution is 5.67. The van der Waals surface area contributed by atoms with Crippen LogP contribution in [0.4, 0.5) is 0 Å². The molecule has 0 amide bonds. The summed E-state index contributed by atoms with van der Waals surface area (Å²) in [6.45, 7) is 7.17. The average Bonchev–Trinajstić information content (AvgIpc) is 2.16. The summed E-state index contributed by atoms with van der Waals surface area (Å²) in [6.07, 6.45) is 7.76. The van der Waals surface area contributed by atoms with Gasteiger partial charge in [-0.1, -0.05) is 5.92 Å². The summed E-state index contributed by atoms with van der Waals surface area (Å²) in [5.41, 5.74) is -0.957. The van der Waals surface area contributed by atoms with E-state index in [1.165, 1.54) is 6.92 Å². The molecule has 0 bridgehead atoms. The van der Waals surface area contributed by atoms with Crippen molar-refractivity contribution in [2.75, 3.05) is 7.11 Å². The van der Waals surface area contributed by atoms with Gasteiger partial charge in [0, 0.05) is 14.0 Å². The molecule has 0 saturated carbocycles. The number of hydrogen-bond acceptors (Lipinski definition) is 3. The maximum Gasteiger partial charge on any atom is 0.304 e. The number of methoxy groups -OCH3 is 1. The highest BCUT2D eigenvalue weighted by Gasteiger charge is 2.26. The van der Waals surface area contributed by atoms with Crippen LogP contribution in [0, 0.1) is 12.3 Å². The Balaban J connectivity index is 4.17. The van der Waals surface area contributed by atoms with Crippen LogP contribution in [0.25, 0.3) is 0 Å². The van der Waals surface area contributed by atoms with Crippen LogP contribution in [0.5, 0.6) is 0 Å². The van der Waals surface area contributed by atoms with E-state index in [-0.39, 0.29) is 11.6 Å². The Labute approximate surface area is 98.5 Å². The maximum absolute atomic E-state index is 10.9. The van der Waals surface area contributed by atoms with E-state index in [0.717, 1.165) is 12.8 Å². The zero-order chi connectivity index (χ0) is 12.8. The highest BCUT2D eigenvalue weighted by Crippen LogP contribution is 2.23. The largest absolute Gasteiger partial charge is 0.446 e. The van der Waals surface area contributed by atoms with Crippen molar-refractivity contribution in [1.82, 2.24) is 0 Å². The van der Waals surface area contributed by atoms with E-state index in [0.29, 0.717) is 6.42 Å². The average molecular weight is 226 g/mol. The van der Waals surface area contributed by atoms with Gasteiger partial charge in [0.25, 0.3) is 0 Å². The first-order chi connectivity index (χ1) is 7.24. The molecular formula is C13H22O3. The summed E-state index contributed by atoms with van der Waals surface area (Å²) in [6, 6.07) is 0. The first kappa shape index (κ1) is 15.0. The first-order valence-electron chi connectivity index (χ1n) is 5.47. The normalized spacial score (nSPS) is 15.0. The van der Waals surface area contributed by atoms with E-state index in [9.17, 15) is 4.79 Å². The van der Waals surface area contributed by atoms with Crippen molar-refractivity contribution in [3.8, 4) is 12.3 Å². The molecule has 0 rings (SSSR count). The van der Waals surface area contributed by atoms with Crippen LogP contribution in [-0.4, -0.2) is 24.3 Å². The molecule has 0 aromatic rings. The Kier molecular flexibility index (Phi) is 5.53. The summed E-state index contributed by atoms with van der Waals surface area (Å²) < 4.78 is 10.4. The molecule has 3 nitrogen and oxygen atoms in total. The van der Waals surface area contributed by atoms with Gasteiger partial charge < -0.3 is 9.47 Å². The highest BCUT2D eigenvalue weighted by atomic mass is 16.6. The van der Waals surface area contributed by atoms with Gasteiger partial charge in [0.2, 0.25) is 0 Å².